The van der Waals surface area contributed by atoms with Crippen LogP contribution in [-0.4, -0.2) is 53.0 Å². The molecule has 0 unspecified atom stereocenters. The lowest BCUT2D eigenvalue weighted by Gasteiger charge is -2.33. The van der Waals surface area contributed by atoms with Crippen molar-refractivity contribution in [2.75, 3.05) is 20.2 Å². The number of esters is 1. The van der Waals surface area contributed by atoms with Crippen LogP contribution in [0.4, 0.5) is 0 Å². The minimum atomic E-state index is -0.501. The van der Waals surface area contributed by atoms with Crippen LogP contribution in [0.15, 0.2) is 18.3 Å². The van der Waals surface area contributed by atoms with Gasteiger partial charge >= 0.3 is 5.97 Å². The number of nitrogens with zero attached hydrogens (tertiary/aromatic N) is 3. The van der Waals surface area contributed by atoms with Crippen LogP contribution in [0.25, 0.3) is 0 Å². The van der Waals surface area contributed by atoms with E-state index in [2.05, 4.69) is 9.72 Å². The first kappa shape index (κ1) is 15.5. The molecule has 3 rings (SSSR count). The molecule has 2 aliphatic rings. The van der Waals surface area contributed by atoms with Gasteiger partial charge in [0.25, 0.3) is 5.91 Å². The Bertz CT molecular complexity index is 625. The van der Waals surface area contributed by atoms with Crippen LogP contribution in [0.1, 0.15) is 46.5 Å². The van der Waals surface area contributed by atoms with Crippen molar-refractivity contribution >= 4 is 17.8 Å². The van der Waals surface area contributed by atoms with Crippen molar-refractivity contribution in [2.45, 2.75) is 25.7 Å². The Morgan fingerprint density at radius 3 is 2.43 bits per heavy atom. The fourth-order valence-corrected chi connectivity index (χ4v) is 2.81. The molecule has 1 aliphatic carbocycles. The number of rotatable bonds is 3. The highest BCUT2D eigenvalue weighted by Crippen LogP contribution is 2.30. The largest absolute Gasteiger partial charge is 0.465 e. The van der Waals surface area contributed by atoms with Gasteiger partial charge in [0.05, 0.1) is 12.7 Å². The van der Waals surface area contributed by atoms with E-state index in [9.17, 15) is 14.4 Å². The molecule has 1 aliphatic heterocycles. The van der Waals surface area contributed by atoms with Gasteiger partial charge in [-0.3, -0.25) is 19.6 Å². The molecule has 0 aromatic carbocycles. The minimum absolute atomic E-state index is 0.0354. The van der Waals surface area contributed by atoms with Gasteiger partial charge < -0.3 is 4.74 Å². The Labute approximate surface area is 134 Å². The quantitative estimate of drug-likeness (QED) is 0.784. The molecule has 0 bridgehead atoms. The Morgan fingerprint density at radius 1 is 1.13 bits per heavy atom. The number of ether oxygens (including phenoxy) is 1. The third-order valence-corrected chi connectivity index (χ3v) is 4.38. The molecule has 0 spiro atoms. The summed E-state index contributed by atoms with van der Waals surface area (Å²) in [7, 11) is 1.29. The number of hydrazine groups is 1. The normalized spacial score (nSPS) is 17.8. The van der Waals surface area contributed by atoms with Gasteiger partial charge in [-0.1, -0.05) is 6.42 Å². The fourth-order valence-electron chi connectivity index (χ4n) is 2.81. The first-order chi connectivity index (χ1) is 11.1. The molecule has 2 amide bonds. The highest BCUT2D eigenvalue weighted by molar-refractivity contribution is 5.95. The van der Waals surface area contributed by atoms with Crippen LogP contribution >= 0.6 is 0 Å². The summed E-state index contributed by atoms with van der Waals surface area (Å²) in [5.74, 6) is -0.725. The molecule has 1 aromatic heterocycles. The lowest BCUT2D eigenvalue weighted by Crippen LogP contribution is -2.48. The number of aromatic nitrogens is 1. The number of amides is 2. The van der Waals surface area contributed by atoms with Crippen LogP contribution in [0.5, 0.6) is 0 Å². The smallest absolute Gasteiger partial charge is 0.339 e. The van der Waals surface area contributed by atoms with E-state index in [4.69, 9.17) is 0 Å². The molecular formula is C16H19N3O4. The molecule has 1 aromatic rings. The lowest BCUT2D eigenvalue weighted by molar-refractivity contribution is -0.147. The molecule has 2 heterocycles. The predicted octanol–water partition coefficient (Wildman–Crippen LogP) is 1.26. The van der Waals surface area contributed by atoms with Crippen molar-refractivity contribution in [3.8, 4) is 0 Å². The standard InChI is InChI=1S/C16H19N3O4/c1-23-16(22)12-6-7-13(17-10-12)15(21)19-9-3-8-18(19)14(20)11-4-2-5-11/h6-7,10-11H,2-5,8-9H2,1H3. The van der Waals surface area contributed by atoms with Crippen LogP contribution < -0.4 is 0 Å². The summed E-state index contributed by atoms with van der Waals surface area (Å²) in [6.45, 7) is 1.08. The molecule has 0 N–H and O–H groups in total. The average molecular weight is 317 g/mol. The van der Waals surface area contributed by atoms with Crippen molar-refractivity contribution < 1.29 is 19.1 Å². The van der Waals surface area contributed by atoms with E-state index in [1.807, 2.05) is 0 Å². The molecule has 1 saturated carbocycles. The maximum absolute atomic E-state index is 12.6. The van der Waals surface area contributed by atoms with Gasteiger partial charge in [-0.15, -0.1) is 0 Å². The van der Waals surface area contributed by atoms with E-state index in [1.165, 1.54) is 30.4 Å². The average Bonchev–Trinajstić information content (AvgIpc) is 3.01. The Morgan fingerprint density at radius 2 is 1.87 bits per heavy atom. The topological polar surface area (TPSA) is 79.8 Å². The molecule has 1 saturated heterocycles. The monoisotopic (exact) mass is 317 g/mol. The molecule has 7 nitrogen and oxygen atoms in total. The van der Waals surface area contributed by atoms with Crippen molar-refractivity contribution in [1.82, 2.24) is 15.0 Å². The van der Waals surface area contributed by atoms with Crippen molar-refractivity contribution in [2.24, 2.45) is 5.92 Å². The Balaban J connectivity index is 1.73. The third-order valence-electron chi connectivity index (χ3n) is 4.38. The predicted molar refractivity (Wildman–Crippen MR) is 80.3 cm³/mol. The van der Waals surface area contributed by atoms with E-state index in [1.54, 1.807) is 5.01 Å². The zero-order chi connectivity index (χ0) is 16.4. The number of hydrogen-bond donors (Lipinski definition) is 0. The first-order valence-electron chi connectivity index (χ1n) is 7.79. The summed E-state index contributed by atoms with van der Waals surface area (Å²) in [5.41, 5.74) is 0.499. The number of carbonyl (C=O) groups is 3. The van der Waals surface area contributed by atoms with Crippen LogP contribution in [0, 0.1) is 5.92 Å². The van der Waals surface area contributed by atoms with Crippen LogP contribution in [-0.2, 0) is 9.53 Å². The molecule has 23 heavy (non-hydrogen) atoms. The number of carbonyl (C=O) groups excluding carboxylic acids is 3. The minimum Gasteiger partial charge on any atom is -0.465 e. The summed E-state index contributed by atoms with van der Waals surface area (Å²) < 4.78 is 4.60. The van der Waals surface area contributed by atoms with E-state index in [-0.39, 0.29) is 29.0 Å². The summed E-state index contributed by atoms with van der Waals surface area (Å²) in [4.78, 5) is 40.4. The summed E-state index contributed by atoms with van der Waals surface area (Å²) in [6, 6.07) is 2.99. The summed E-state index contributed by atoms with van der Waals surface area (Å²) >= 11 is 0. The van der Waals surface area contributed by atoms with Gasteiger partial charge in [0, 0.05) is 25.2 Å². The second kappa shape index (κ2) is 6.36. The zero-order valence-corrected chi connectivity index (χ0v) is 13.0. The molecule has 2 fully saturated rings. The fraction of sp³-hybridized carbons (Fsp3) is 0.500. The van der Waals surface area contributed by atoms with Crippen molar-refractivity contribution in [3.05, 3.63) is 29.6 Å². The van der Waals surface area contributed by atoms with Gasteiger partial charge in [0.2, 0.25) is 5.91 Å². The Hall–Kier alpha value is -2.44. The van der Waals surface area contributed by atoms with Crippen molar-refractivity contribution in [1.29, 1.82) is 0 Å². The SMILES string of the molecule is COC(=O)c1ccc(C(=O)N2CCCN2C(=O)C2CCC2)nc1. The maximum atomic E-state index is 12.6. The van der Waals surface area contributed by atoms with Gasteiger partial charge in [-0.2, -0.15) is 0 Å². The molecule has 7 heteroatoms. The van der Waals surface area contributed by atoms with Gasteiger partial charge in [-0.25, -0.2) is 9.80 Å². The Kier molecular flexibility index (Phi) is 4.27. The van der Waals surface area contributed by atoms with E-state index in [0.29, 0.717) is 13.1 Å². The summed E-state index contributed by atoms with van der Waals surface area (Å²) in [5, 5.41) is 3.03. The molecule has 122 valence electrons. The second-order valence-electron chi connectivity index (χ2n) is 5.79. The molecule has 0 radical (unpaired) electrons. The second-order valence-corrected chi connectivity index (χ2v) is 5.79. The highest BCUT2D eigenvalue weighted by Gasteiger charge is 2.37. The van der Waals surface area contributed by atoms with E-state index < -0.39 is 5.97 Å². The van der Waals surface area contributed by atoms with Crippen LogP contribution in [0.2, 0.25) is 0 Å². The first-order valence-corrected chi connectivity index (χ1v) is 7.79. The van der Waals surface area contributed by atoms with E-state index in [0.717, 1.165) is 25.7 Å². The lowest BCUT2D eigenvalue weighted by atomic mass is 9.84. The number of methoxy groups -OCH3 is 1. The van der Waals surface area contributed by atoms with E-state index >= 15 is 0 Å². The highest BCUT2D eigenvalue weighted by atomic mass is 16.5. The van der Waals surface area contributed by atoms with Crippen LogP contribution in [0.3, 0.4) is 0 Å². The van der Waals surface area contributed by atoms with Gasteiger partial charge in [-0.05, 0) is 31.4 Å². The van der Waals surface area contributed by atoms with Crippen molar-refractivity contribution in [3.63, 3.8) is 0 Å². The van der Waals surface area contributed by atoms with Gasteiger partial charge in [0.15, 0.2) is 0 Å². The number of hydrogen-bond acceptors (Lipinski definition) is 5. The zero-order valence-electron chi connectivity index (χ0n) is 13.0. The van der Waals surface area contributed by atoms with Gasteiger partial charge in [0.1, 0.15) is 5.69 Å². The number of pyridine rings is 1. The molecule has 0 atom stereocenters. The summed E-state index contributed by atoms with van der Waals surface area (Å²) in [6.07, 6.45) is 4.97. The maximum Gasteiger partial charge on any atom is 0.339 e. The molecular weight excluding hydrogens is 298 g/mol. The third kappa shape index (κ3) is 2.91.